The van der Waals surface area contributed by atoms with E-state index in [9.17, 15) is 4.79 Å². The van der Waals surface area contributed by atoms with Crippen LogP contribution >= 0.6 is 0 Å². The number of carbonyl (C=O) groups excluding carboxylic acids is 1. The summed E-state index contributed by atoms with van der Waals surface area (Å²) in [7, 11) is 6.78. The summed E-state index contributed by atoms with van der Waals surface area (Å²) in [4.78, 5) is 14.5. The lowest BCUT2D eigenvalue weighted by Gasteiger charge is -2.24. The van der Waals surface area contributed by atoms with Crippen LogP contribution in [0, 0.1) is 0 Å². The van der Waals surface area contributed by atoms with E-state index in [1.165, 1.54) is 0 Å². The van der Waals surface area contributed by atoms with Crippen molar-refractivity contribution in [1.82, 2.24) is 10.2 Å². The van der Waals surface area contributed by atoms with Gasteiger partial charge >= 0.3 is 0 Å². The van der Waals surface area contributed by atoms with E-state index in [0.29, 0.717) is 24.6 Å². The third kappa shape index (κ3) is 5.62. The van der Waals surface area contributed by atoms with Gasteiger partial charge in [0.2, 0.25) is 5.91 Å². The van der Waals surface area contributed by atoms with E-state index >= 15 is 0 Å². The van der Waals surface area contributed by atoms with Crippen molar-refractivity contribution in [3.05, 3.63) is 53.6 Å². The number of hydrogen-bond acceptors (Lipinski definition) is 5. The smallest absolute Gasteiger partial charge is 0.237 e. The van der Waals surface area contributed by atoms with Crippen molar-refractivity contribution in [3.8, 4) is 17.2 Å². The minimum atomic E-state index is -0.267. The normalized spacial score (nSPS) is 11.8. The summed E-state index contributed by atoms with van der Waals surface area (Å²) in [5.41, 5.74) is 2.07. The summed E-state index contributed by atoms with van der Waals surface area (Å²) in [6.45, 7) is 3.00. The maximum atomic E-state index is 12.5. The summed E-state index contributed by atoms with van der Waals surface area (Å²) in [5, 5.41) is 2.98. The Morgan fingerprint density at radius 1 is 0.963 bits per heavy atom. The number of amides is 1. The molecule has 0 bridgehead atoms. The van der Waals surface area contributed by atoms with Crippen molar-refractivity contribution in [2.45, 2.75) is 26.1 Å². The molecule has 0 aromatic heterocycles. The Bertz CT molecular complexity index is 746. The molecule has 0 radical (unpaired) electrons. The summed E-state index contributed by atoms with van der Waals surface area (Å²) in [5.74, 6) is 2.15. The Balaban J connectivity index is 1.91. The largest absolute Gasteiger partial charge is 0.497 e. The fourth-order valence-electron chi connectivity index (χ4n) is 2.68. The lowest BCUT2D eigenvalue weighted by atomic mass is 10.1. The van der Waals surface area contributed by atoms with Gasteiger partial charge in [0.25, 0.3) is 0 Å². The van der Waals surface area contributed by atoms with Gasteiger partial charge in [0.15, 0.2) is 11.5 Å². The van der Waals surface area contributed by atoms with Gasteiger partial charge in [0.1, 0.15) is 5.75 Å². The molecule has 0 aliphatic rings. The summed E-state index contributed by atoms with van der Waals surface area (Å²) in [6.07, 6.45) is 0. The number of rotatable bonds is 9. The van der Waals surface area contributed by atoms with E-state index in [4.69, 9.17) is 14.2 Å². The summed E-state index contributed by atoms with van der Waals surface area (Å²) < 4.78 is 15.7. The van der Waals surface area contributed by atoms with Crippen LogP contribution in [-0.4, -0.2) is 45.2 Å². The number of hydrogen-bond donors (Lipinski definition) is 1. The Morgan fingerprint density at radius 2 is 1.59 bits per heavy atom. The molecule has 0 fully saturated rings. The molecule has 27 heavy (non-hydrogen) atoms. The Hall–Kier alpha value is -2.73. The first kappa shape index (κ1) is 20.6. The molecule has 1 atom stereocenters. The van der Waals surface area contributed by atoms with Crippen LogP contribution in [0.4, 0.5) is 0 Å². The molecule has 0 saturated heterocycles. The zero-order valence-corrected chi connectivity index (χ0v) is 16.6. The number of nitrogens with one attached hydrogen (secondary N) is 1. The van der Waals surface area contributed by atoms with Crippen LogP contribution < -0.4 is 19.5 Å². The number of carbonyl (C=O) groups is 1. The van der Waals surface area contributed by atoms with Gasteiger partial charge in [0, 0.05) is 13.1 Å². The first-order valence-electron chi connectivity index (χ1n) is 8.80. The molecular weight excluding hydrogens is 344 g/mol. The van der Waals surface area contributed by atoms with E-state index < -0.39 is 0 Å². The number of likely N-dealkylation sites (N-methyl/N-ethyl adjacent to an activating group) is 1. The topological polar surface area (TPSA) is 60.0 Å². The molecule has 2 aromatic carbocycles. The number of methoxy groups -OCH3 is 3. The first-order valence-corrected chi connectivity index (χ1v) is 8.80. The molecule has 6 heteroatoms. The Labute approximate surface area is 161 Å². The quantitative estimate of drug-likeness (QED) is 0.733. The van der Waals surface area contributed by atoms with Gasteiger partial charge in [-0.2, -0.15) is 0 Å². The molecule has 0 aliphatic carbocycles. The minimum Gasteiger partial charge on any atom is -0.497 e. The molecular formula is C21H28N2O4. The van der Waals surface area contributed by atoms with Crippen molar-refractivity contribution < 1.29 is 19.0 Å². The van der Waals surface area contributed by atoms with Crippen LogP contribution in [0.1, 0.15) is 18.1 Å². The van der Waals surface area contributed by atoms with Gasteiger partial charge in [-0.1, -0.05) is 18.2 Å². The van der Waals surface area contributed by atoms with Crippen LogP contribution in [0.5, 0.6) is 17.2 Å². The maximum Gasteiger partial charge on any atom is 0.237 e. The second kappa shape index (κ2) is 9.83. The molecule has 1 N–H and O–H groups in total. The second-order valence-corrected chi connectivity index (χ2v) is 6.35. The molecule has 0 heterocycles. The predicted octanol–water partition coefficient (Wildman–Crippen LogP) is 2.85. The number of nitrogens with zero attached hydrogens (tertiary/aromatic N) is 1. The van der Waals surface area contributed by atoms with E-state index in [2.05, 4.69) is 5.32 Å². The molecule has 0 aliphatic heterocycles. The van der Waals surface area contributed by atoms with Crippen LogP contribution in [0.3, 0.4) is 0 Å². The third-order valence-electron chi connectivity index (χ3n) is 4.55. The molecule has 0 saturated carbocycles. The predicted molar refractivity (Wildman–Crippen MR) is 105 cm³/mol. The molecule has 146 valence electrons. The average Bonchev–Trinajstić information content (AvgIpc) is 2.71. The fraction of sp³-hybridized carbons (Fsp3) is 0.381. The Kier molecular flexibility index (Phi) is 7.49. The van der Waals surface area contributed by atoms with E-state index in [1.54, 1.807) is 21.3 Å². The molecule has 2 aromatic rings. The van der Waals surface area contributed by atoms with Crippen molar-refractivity contribution in [2.24, 2.45) is 0 Å². The van der Waals surface area contributed by atoms with Crippen molar-refractivity contribution in [2.75, 3.05) is 28.4 Å². The summed E-state index contributed by atoms with van der Waals surface area (Å²) >= 11 is 0. The third-order valence-corrected chi connectivity index (χ3v) is 4.55. The Morgan fingerprint density at radius 3 is 2.19 bits per heavy atom. The monoisotopic (exact) mass is 372 g/mol. The molecule has 1 amide bonds. The highest BCUT2D eigenvalue weighted by molar-refractivity contribution is 5.81. The number of benzene rings is 2. The zero-order chi connectivity index (χ0) is 19.8. The van der Waals surface area contributed by atoms with E-state index in [-0.39, 0.29) is 11.9 Å². The molecule has 0 unspecified atom stereocenters. The first-order chi connectivity index (χ1) is 13.0. The zero-order valence-electron chi connectivity index (χ0n) is 16.6. The van der Waals surface area contributed by atoms with Crippen molar-refractivity contribution in [1.29, 1.82) is 0 Å². The lowest BCUT2D eigenvalue weighted by Crippen LogP contribution is -2.42. The van der Waals surface area contributed by atoms with E-state index in [0.717, 1.165) is 16.9 Å². The van der Waals surface area contributed by atoms with Gasteiger partial charge in [0.05, 0.1) is 27.4 Å². The van der Waals surface area contributed by atoms with Gasteiger partial charge in [-0.3, -0.25) is 9.69 Å². The van der Waals surface area contributed by atoms with Gasteiger partial charge in [-0.15, -0.1) is 0 Å². The molecule has 6 nitrogen and oxygen atoms in total. The number of ether oxygens (including phenoxy) is 3. The van der Waals surface area contributed by atoms with Crippen molar-refractivity contribution in [3.63, 3.8) is 0 Å². The average molecular weight is 372 g/mol. The van der Waals surface area contributed by atoms with Crippen molar-refractivity contribution >= 4 is 5.91 Å². The standard InChI is InChI=1S/C21H28N2O4/c1-15(21(24)22-13-16-6-9-18(25-3)10-7-16)23(2)14-17-8-11-19(26-4)20(12-17)27-5/h6-12,15H,13-14H2,1-5H3,(H,22,24)/t15-/m1/s1. The van der Waals surface area contributed by atoms with E-state index in [1.807, 2.05) is 61.3 Å². The van der Waals surface area contributed by atoms with Crippen LogP contribution in [0.25, 0.3) is 0 Å². The minimum absolute atomic E-state index is 0.0196. The highest BCUT2D eigenvalue weighted by Crippen LogP contribution is 2.28. The lowest BCUT2D eigenvalue weighted by molar-refractivity contribution is -0.125. The highest BCUT2D eigenvalue weighted by atomic mass is 16.5. The molecule has 0 spiro atoms. The van der Waals surface area contributed by atoms with Crippen LogP contribution in [0.2, 0.25) is 0 Å². The molecule has 2 rings (SSSR count). The summed E-state index contributed by atoms with van der Waals surface area (Å²) in [6, 6.07) is 13.2. The fourth-order valence-corrected chi connectivity index (χ4v) is 2.68. The van der Waals surface area contributed by atoms with Gasteiger partial charge in [-0.25, -0.2) is 0 Å². The van der Waals surface area contributed by atoms with Crippen LogP contribution in [-0.2, 0) is 17.9 Å². The SMILES string of the molecule is COc1ccc(CNC(=O)[C@@H](C)N(C)Cc2ccc(OC)c(OC)c2)cc1. The second-order valence-electron chi connectivity index (χ2n) is 6.35. The maximum absolute atomic E-state index is 12.5. The van der Waals surface area contributed by atoms with Gasteiger partial charge < -0.3 is 19.5 Å². The van der Waals surface area contributed by atoms with Gasteiger partial charge in [-0.05, 0) is 49.4 Å². The van der Waals surface area contributed by atoms with Crippen LogP contribution in [0.15, 0.2) is 42.5 Å². The highest BCUT2D eigenvalue weighted by Gasteiger charge is 2.18.